The minimum absolute atomic E-state index is 0.0411. The van der Waals surface area contributed by atoms with Crippen LogP contribution in [0.15, 0.2) is 51.8 Å². The van der Waals surface area contributed by atoms with Crippen LogP contribution in [0.5, 0.6) is 11.5 Å². The number of nitrogens with zero attached hydrogens (tertiary/aromatic N) is 2. The number of benzene rings is 2. The molecule has 4 rings (SSSR count). The number of nitrogens with one attached hydrogen (secondary N) is 1. The van der Waals surface area contributed by atoms with Crippen LogP contribution in [0.1, 0.15) is 0 Å². The summed E-state index contributed by atoms with van der Waals surface area (Å²) in [5.74, 6) is 1.53. The van der Waals surface area contributed by atoms with Gasteiger partial charge in [-0.3, -0.25) is 10.1 Å². The maximum atomic E-state index is 12.0. The maximum Gasteiger partial charge on any atom is 0.322 e. The van der Waals surface area contributed by atoms with Crippen LogP contribution in [0.4, 0.5) is 6.01 Å². The number of hydrogen-bond donors (Lipinski definition) is 1. The van der Waals surface area contributed by atoms with Crippen LogP contribution in [-0.2, 0) is 4.79 Å². The molecule has 26 heavy (non-hydrogen) atoms. The average molecular weight is 390 g/mol. The Hall–Kier alpha value is -2.71. The zero-order valence-corrected chi connectivity index (χ0v) is 14.8. The molecule has 132 valence electrons. The van der Waals surface area contributed by atoms with Crippen LogP contribution in [0, 0.1) is 0 Å². The lowest BCUT2D eigenvalue weighted by atomic mass is 10.2. The molecule has 3 aromatic rings. The first-order valence-electron chi connectivity index (χ1n) is 7.59. The topological polar surface area (TPSA) is 86.5 Å². The molecule has 1 aliphatic rings. The largest absolute Gasteiger partial charge is 0.454 e. The summed E-state index contributed by atoms with van der Waals surface area (Å²) in [5, 5.41) is 11.0. The maximum absolute atomic E-state index is 12.0. The quantitative estimate of drug-likeness (QED) is 0.663. The van der Waals surface area contributed by atoms with Gasteiger partial charge < -0.3 is 13.9 Å². The first-order chi connectivity index (χ1) is 12.7. The molecule has 0 fully saturated rings. The Kier molecular flexibility index (Phi) is 4.68. The highest BCUT2D eigenvalue weighted by Gasteiger charge is 2.17. The van der Waals surface area contributed by atoms with Gasteiger partial charge >= 0.3 is 6.01 Å². The fourth-order valence-corrected chi connectivity index (χ4v) is 3.08. The van der Waals surface area contributed by atoms with Gasteiger partial charge in [-0.15, -0.1) is 16.9 Å². The molecule has 1 aromatic heterocycles. The second-order valence-electron chi connectivity index (χ2n) is 5.27. The summed E-state index contributed by atoms with van der Waals surface area (Å²) in [7, 11) is 0. The molecule has 0 saturated heterocycles. The smallest absolute Gasteiger partial charge is 0.322 e. The van der Waals surface area contributed by atoms with Crippen molar-refractivity contribution in [3.8, 4) is 23.0 Å². The van der Waals surface area contributed by atoms with Crippen molar-refractivity contribution in [2.45, 2.75) is 4.90 Å². The molecule has 0 aliphatic carbocycles. The average Bonchev–Trinajstić information content (AvgIpc) is 3.29. The molecule has 1 N–H and O–H groups in total. The predicted molar refractivity (Wildman–Crippen MR) is 96.7 cm³/mol. The highest BCUT2D eigenvalue weighted by molar-refractivity contribution is 8.00. The minimum atomic E-state index is -0.245. The van der Waals surface area contributed by atoms with Gasteiger partial charge in [0.2, 0.25) is 18.6 Å². The first-order valence-corrected chi connectivity index (χ1v) is 8.95. The number of thioether (sulfide) groups is 1. The number of anilines is 1. The van der Waals surface area contributed by atoms with E-state index in [1.807, 2.05) is 12.1 Å². The Morgan fingerprint density at radius 1 is 1.12 bits per heavy atom. The van der Waals surface area contributed by atoms with Gasteiger partial charge in [-0.2, -0.15) is 0 Å². The molecule has 0 bridgehead atoms. The molecule has 0 unspecified atom stereocenters. The van der Waals surface area contributed by atoms with Crippen molar-refractivity contribution in [2.75, 3.05) is 17.9 Å². The standard InChI is InChI=1S/C17H12ClN3O4S/c18-11-2-4-12(5-3-11)26-8-15(22)19-17-21-20-16(25-17)10-1-6-13-14(7-10)24-9-23-13/h1-7H,8-9H2,(H,19,21,22). The summed E-state index contributed by atoms with van der Waals surface area (Å²) in [4.78, 5) is 13.0. The van der Waals surface area contributed by atoms with Crippen LogP contribution in [-0.4, -0.2) is 28.7 Å². The Morgan fingerprint density at radius 2 is 1.92 bits per heavy atom. The zero-order chi connectivity index (χ0) is 17.9. The summed E-state index contributed by atoms with van der Waals surface area (Å²) in [6, 6.07) is 12.6. The molecule has 7 nitrogen and oxygen atoms in total. The summed E-state index contributed by atoms with van der Waals surface area (Å²) >= 11 is 7.22. The van der Waals surface area contributed by atoms with E-state index < -0.39 is 0 Å². The number of carbonyl (C=O) groups excluding carboxylic acids is 1. The summed E-state index contributed by atoms with van der Waals surface area (Å²) in [5.41, 5.74) is 0.679. The van der Waals surface area contributed by atoms with Gasteiger partial charge in [0.15, 0.2) is 11.5 Å². The highest BCUT2D eigenvalue weighted by atomic mass is 35.5. The lowest BCUT2D eigenvalue weighted by Gasteiger charge is -2.01. The molecular formula is C17H12ClN3O4S. The van der Waals surface area contributed by atoms with Crippen molar-refractivity contribution in [2.24, 2.45) is 0 Å². The fourth-order valence-electron chi connectivity index (χ4n) is 2.26. The summed E-state index contributed by atoms with van der Waals surface area (Å²) < 4.78 is 16.1. The SMILES string of the molecule is O=C(CSc1ccc(Cl)cc1)Nc1nnc(-c2ccc3c(c2)OCO3)o1. The molecular weight excluding hydrogens is 378 g/mol. The van der Waals surface area contributed by atoms with E-state index in [1.165, 1.54) is 11.8 Å². The Labute approximate surface area is 157 Å². The number of carbonyl (C=O) groups is 1. The van der Waals surface area contributed by atoms with E-state index in [4.69, 9.17) is 25.5 Å². The fraction of sp³-hybridized carbons (Fsp3) is 0.118. The first kappa shape index (κ1) is 16.7. The number of hydrogen-bond acceptors (Lipinski definition) is 7. The normalized spacial score (nSPS) is 12.2. The van der Waals surface area contributed by atoms with Gasteiger partial charge in [0.05, 0.1) is 5.75 Å². The molecule has 0 saturated carbocycles. The minimum Gasteiger partial charge on any atom is -0.454 e. The lowest BCUT2D eigenvalue weighted by Crippen LogP contribution is -2.14. The molecule has 0 spiro atoms. The molecule has 2 heterocycles. The van der Waals surface area contributed by atoms with E-state index in [2.05, 4.69) is 15.5 Å². The van der Waals surface area contributed by atoms with E-state index in [9.17, 15) is 4.79 Å². The van der Waals surface area contributed by atoms with Crippen molar-refractivity contribution >= 4 is 35.3 Å². The lowest BCUT2D eigenvalue weighted by molar-refractivity contribution is -0.113. The molecule has 0 radical (unpaired) electrons. The van der Waals surface area contributed by atoms with E-state index in [0.717, 1.165) is 4.90 Å². The van der Waals surface area contributed by atoms with Crippen molar-refractivity contribution in [3.63, 3.8) is 0 Å². The number of ether oxygens (including phenoxy) is 2. The van der Waals surface area contributed by atoms with Crippen LogP contribution in [0.2, 0.25) is 5.02 Å². The number of halogens is 1. The van der Waals surface area contributed by atoms with E-state index in [1.54, 1.807) is 30.3 Å². The number of aromatic nitrogens is 2. The van der Waals surface area contributed by atoms with E-state index >= 15 is 0 Å². The van der Waals surface area contributed by atoms with Crippen molar-refractivity contribution < 1.29 is 18.7 Å². The van der Waals surface area contributed by atoms with Crippen molar-refractivity contribution in [1.82, 2.24) is 10.2 Å². The van der Waals surface area contributed by atoms with Crippen molar-refractivity contribution in [1.29, 1.82) is 0 Å². The Balaban J connectivity index is 1.37. The Morgan fingerprint density at radius 3 is 2.77 bits per heavy atom. The zero-order valence-electron chi connectivity index (χ0n) is 13.3. The third-order valence-electron chi connectivity index (χ3n) is 3.47. The molecule has 2 aromatic carbocycles. The second kappa shape index (κ2) is 7.27. The number of fused-ring (bicyclic) bond motifs is 1. The summed E-state index contributed by atoms with van der Waals surface area (Å²) in [6.45, 7) is 0.190. The Bertz CT molecular complexity index is 945. The molecule has 9 heteroatoms. The number of rotatable bonds is 5. The van der Waals surface area contributed by atoms with Gasteiger partial charge in [0.25, 0.3) is 0 Å². The van der Waals surface area contributed by atoms with Gasteiger partial charge in [-0.25, -0.2) is 0 Å². The van der Waals surface area contributed by atoms with Crippen LogP contribution in [0.25, 0.3) is 11.5 Å². The van der Waals surface area contributed by atoms with E-state index in [-0.39, 0.29) is 30.4 Å². The summed E-state index contributed by atoms with van der Waals surface area (Å²) in [6.07, 6.45) is 0. The second-order valence-corrected chi connectivity index (χ2v) is 6.76. The van der Waals surface area contributed by atoms with Crippen LogP contribution >= 0.6 is 23.4 Å². The van der Waals surface area contributed by atoms with Gasteiger partial charge in [-0.05, 0) is 42.5 Å². The highest BCUT2D eigenvalue weighted by Crippen LogP contribution is 2.35. The van der Waals surface area contributed by atoms with E-state index in [0.29, 0.717) is 22.1 Å². The van der Waals surface area contributed by atoms with Crippen LogP contribution < -0.4 is 14.8 Å². The van der Waals surface area contributed by atoms with Gasteiger partial charge in [0, 0.05) is 15.5 Å². The third kappa shape index (κ3) is 3.76. The third-order valence-corrected chi connectivity index (χ3v) is 4.74. The predicted octanol–water partition coefficient (Wildman–Crippen LogP) is 3.85. The van der Waals surface area contributed by atoms with Crippen LogP contribution in [0.3, 0.4) is 0 Å². The molecule has 0 atom stereocenters. The van der Waals surface area contributed by atoms with Gasteiger partial charge in [-0.1, -0.05) is 16.7 Å². The molecule has 1 amide bonds. The number of amides is 1. The molecule has 1 aliphatic heterocycles. The monoisotopic (exact) mass is 389 g/mol. The van der Waals surface area contributed by atoms with Gasteiger partial charge in [0.1, 0.15) is 0 Å². The van der Waals surface area contributed by atoms with Crippen molar-refractivity contribution in [3.05, 3.63) is 47.5 Å².